The number of nitrogens with zero attached hydrogens (tertiary/aromatic N) is 6. The molecule has 4 aromatic heterocycles. The molecule has 116 valence electrons. The molecule has 0 aliphatic heterocycles. The van der Waals surface area contributed by atoms with Crippen LogP contribution >= 0.6 is 23.1 Å². The number of hydrogen-bond acceptors (Lipinski definition) is 9. The Morgan fingerprint density at radius 1 is 1.43 bits per heavy atom. The van der Waals surface area contributed by atoms with Crippen molar-refractivity contribution in [3.8, 4) is 11.6 Å². The molecule has 0 aliphatic rings. The van der Waals surface area contributed by atoms with Crippen LogP contribution in [0, 0.1) is 10.1 Å². The molecule has 0 atom stereocenters. The van der Waals surface area contributed by atoms with Crippen LogP contribution in [0.3, 0.4) is 0 Å². The van der Waals surface area contributed by atoms with Crippen molar-refractivity contribution in [1.29, 1.82) is 0 Å². The summed E-state index contributed by atoms with van der Waals surface area (Å²) in [6.45, 7) is 0. The number of nitrogen functional groups attached to an aromatic ring is 1. The van der Waals surface area contributed by atoms with Gasteiger partial charge >= 0.3 is 5.82 Å². The maximum absolute atomic E-state index is 11.3. The van der Waals surface area contributed by atoms with Gasteiger partial charge in [-0.25, -0.2) is 4.68 Å². The Balaban J connectivity index is 1.76. The fourth-order valence-electron chi connectivity index (χ4n) is 2.00. The first-order valence-corrected chi connectivity index (χ1v) is 7.87. The molecule has 23 heavy (non-hydrogen) atoms. The lowest BCUT2D eigenvalue weighted by Gasteiger charge is -2.00. The van der Waals surface area contributed by atoms with E-state index >= 15 is 0 Å². The highest BCUT2D eigenvalue weighted by molar-refractivity contribution is 7.99. The Labute approximate surface area is 135 Å². The first-order valence-electron chi connectivity index (χ1n) is 6.17. The Bertz CT molecular complexity index is 1000. The Kier molecular flexibility index (Phi) is 3.06. The van der Waals surface area contributed by atoms with Crippen LogP contribution in [-0.4, -0.2) is 29.2 Å². The van der Waals surface area contributed by atoms with Gasteiger partial charge in [0.2, 0.25) is 16.0 Å². The topological polar surface area (TPSA) is 130 Å². The molecule has 0 aliphatic carbocycles. The summed E-state index contributed by atoms with van der Waals surface area (Å²) in [6.07, 6.45) is 3.09. The molecule has 4 heterocycles. The summed E-state index contributed by atoms with van der Waals surface area (Å²) in [5.74, 6) is 6.59. The van der Waals surface area contributed by atoms with Gasteiger partial charge in [0.15, 0.2) is 5.76 Å². The highest BCUT2D eigenvalue weighted by Crippen LogP contribution is 2.35. The van der Waals surface area contributed by atoms with Gasteiger partial charge < -0.3 is 20.4 Å². The number of aromatic nitrogens is 5. The van der Waals surface area contributed by atoms with Crippen LogP contribution in [0.25, 0.3) is 16.5 Å². The summed E-state index contributed by atoms with van der Waals surface area (Å²) in [4.78, 5) is 15.6. The van der Waals surface area contributed by atoms with Gasteiger partial charge in [0, 0.05) is 5.38 Å². The van der Waals surface area contributed by atoms with Gasteiger partial charge in [-0.2, -0.15) is 9.38 Å². The summed E-state index contributed by atoms with van der Waals surface area (Å²) in [5, 5.41) is 21.4. The maximum Gasteiger partial charge on any atom is 0.363 e. The summed E-state index contributed by atoms with van der Waals surface area (Å²) in [6, 6.07) is 3.39. The van der Waals surface area contributed by atoms with E-state index < -0.39 is 4.92 Å². The number of thiazole rings is 1. The summed E-state index contributed by atoms with van der Waals surface area (Å²) < 4.78 is 7.85. The SMILES string of the molecule is Nn1c(Sc2nc3sccn3c2[N+](=O)[O-])nnc1-c1ccco1. The fraction of sp³-hybridized carbons (Fsp3) is 0. The van der Waals surface area contributed by atoms with E-state index in [9.17, 15) is 10.1 Å². The molecule has 0 saturated heterocycles. The highest BCUT2D eigenvalue weighted by Gasteiger charge is 2.26. The Hall–Kier alpha value is -2.86. The molecule has 0 saturated carbocycles. The molecule has 4 aromatic rings. The van der Waals surface area contributed by atoms with Gasteiger partial charge in [0.1, 0.15) is 6.20 Å². The third kappa shape index (κ3) is 2.15. The van der Waals surface area contributed by atoms with E-state index in [1.807, 2.05) is 0 Å². The molecule has 0 fully saturated rings. The Morgan fingerprint density at radius 2 is 2.30 bits per heavy atom. The number of nitrogens with two attached hydrogens (primary N) is 1. The van der Waals surface area contributed by atoms with E-state index in [-0.39, 0.29) is 16.0 Å². The third-order valence-electron chi connectivity index (χ3n) is 2.97. The smallest absolute Gasteiger partial charge is 0.363 e. The van der Waals surface area contributed by atoms with Crippen molar-refractivity contribution in [1.82, 2.24) is 24.3 Å². The van der Waals surface area contributed by atoms with Crippen molar-refractivity contribution in [3.05, 3.63) is 40.1 Å². The lowest BCUT2D eigenvalue weighted by Crippen LogP contribution is -2.11. The maximum atomic E-state index is 11.3. The molecule has 0 amide bonds. The van der Waals surface area contributed by atoms with Crippen LogP contribution < -0.4 is 5.84 Å². The fourth-order valence-corrected chi connectivity index (χ4v) is 3.60. The van der Waals surface area contributed by atoms with Crippen molar-refractivity contribution in [2.24, 2.45) is 0 Å². The van der Waals surface area contributed by atoms with Crippen molar-refractivity contribution in [2.75, 3.05) is 5.84 Å². The van der Waals surface area contributed by atoms with Crippen LogP contribution in [0.4, 0.5) is 5.82 Å². The molecule has 4 rings (SSSR count). The van der Waals surface area contributed by atoms with Gasteiger partial charge in [-0.1, -0.05) is 11.3 Å². The van der Waals surface area contributed by atoms with Crippen LogP contribution in [0.1, 0.15) is 0 Å². The van der Waals surface area contributed by atoms with Crippen LogP contribution in [0.5, 0.6) is 0 Å². The molecular formula is C11H7N7O3S2. The molecule has 0 spiro atoms. The Morgan fingerprint density at radius 3 is 3.04 bits per heavy atom. The predicted molar refractivity (Wildman–Crippen MR) is 81.7 cm³/mol. The lowest BCUT2D eigenvalue weighted by atomic mass is 10.4. The number of hydrogen-bond donors (Lipinski definition) is 1. The third-order valence-corrected chi connectivity index (χ3v) is 4.66. The van der Waals surface area contributed by atoms with Crippen LogP contribution in [0.15, 0.2) is 44.6 Å². The average Bonchev–Trinajstić information content (AvgIpc) is 3.24. The van der Waals surface area contributed by atoms with E-state index in [2.05, 4.69) is 15.2 Å². The molecule has 0 radical (unpaired) electrons. The quantitative estimate of drug-likeness (QED) is 0.336. The summed E-state index contributed by atoms with van der Waals surface area (Å²) in [7, 11) is 0. The highest BCUT2D eigenvalue weighted by atomic mass is 32.2. The largest absolute Gasteiger partial charge is 0.461 e. The second-order valence-electron chi connectivity index (χ2n) is 4.31. The monoisotopic (exact) mass is 349 g/mol. The van der Waals surface area contributed by atoms with Gasteiger partial charge in [-0.05, 0) is 28.8 Å². The number of furan rings is 1. The molecule has 12 heteroatoms. The standard InChI is InChI=1S/C11H7N7O3S2/c12-17-7(6-2-1-4-21-6)14-15-11(17)23-8-9(18(19)20)16-3-5-22-10(16)13-8/h1-5H,12H2. The van der Waals surface area contributed by atoms with Crippen molar-refractivity contribution in [3.63, 3.8) is 0 Å². The molecule has 0 bridgehead atoms. The molecule has 10 nitrogen and oxygen atoms in total. The van der Waals surface area contributed by atoms with Crippen molar-refractivity contribution < 1.29 is 9.34 Å². The summed E-state index contributed by atoms with van der Waals surface area (Å²) >= 11 is 2.28. The molecule has 0 aromatic carbocycles. The van der Waals surface area contributed by atoms with E-state index in [1.165, 1.54) is 26.7 Å². The van der Waals surface area contributed by atoms with Gasteiger partial charge in [0.05, 0.1) is 6.26 Å². The first-order chi connectivity index (χ1) is 11.1. The lowest BCUT2D eigenvalue weighted by molar-refractivity contribution is -0.393. The van der Waals surface area contributed by atoms with E-state index in [1.54, 1.807) is 23.7 Å². The average molecular weight is 349 g/mol. The normalized spacial score (nSPS) is 11.3. The molecule has 0 unspecified atom stereocenters. The first kappa shape index (κ1) is 13.8. The molecule has 2 N–H and O–H groups in total. The van der Waals surface area contributed by atoms with E-state index in [0.29, 0.717) is 16.5 Å². The van der Waals surface area contributed by atoms with Gasteiger partial charge in [-0.3, -0.25) is 0 Å². The zero-order chi connectivity index (χ0) is 16.0. The minimum absolute atomic E-state index is 0.131. The second kappa shape index (κ2) is 5.10. The zero-order valence-electron chi connectivity index (χ0n) is 11.2. The minimum atomic E-state index is -0.486. The summed E-state index contributed by atoms with van der Waals surface area (Å²) in [5.41, 5.74) is 0. The van der Waals surface area contributed by atoms with Crippen molar-refractivity contribution in [2.45, 2.75) is 10.2 Å². The second-order valence-corrected chi connectivity index (χ2v) is 6.14. The predicted octanol–water partition coefficient (Wildman–Crippen LogP) is 2.02. The number of fused-ring (bicyclic) bond motifs is 1. The van der Waals surface area contributed by atoms with Crippen molar-refractivity contribution >= 4 is 33.9 Å². The van der Waals surface area contributed by atoms with E-state index in [4.69, 9.17) is 10.3 Å². The molecular weight excluding hydrogens is 342 g/mol. The number of nitro groups is 1. The van der Waals surface area contributed by atoms with Gasteiger partial charge in [0.25, 0.3) is 4.96 Å². The van der Waals surface area contributed by atoms with Crippen LogP contribution in [0.2, 0.25) is 0 Å². The minimum Gasteiger partial charge on any atom is -0.461 e. The van der Waals surface area contributed by atoms with Crippen LogP contribution in [-0.2, 0) is 0 Å². The van der Waals surface area contributed by atoms with E-state index in [0.717, 1.165) is 11.8 Å². The number of imidazole rings is 1. The van der Waals surface area contributed by atoms with Gasteiger partial charge in [-0.15, -0.1) is 10.2 Å². The number of rotatable bonds is 4. The zero-order valence-corrected chi connectivity index (χ0v) is 12.8.